The molecule has 0 unspecified atom stereocenters. The maximum absolute atomic E-state index is 13.7. The fraction of sp³-hybridized carbons (Fsp3) is 0.194. The van der Waals surface area contributed by atoms with E-state index in [-0.39, 0.29) is 17.0 Å². The molecule has 2 aromatic heterocycles. The van der Waals surface area contributed by atoms with Gasteiger partial charge in [-0.3, -0.25) is 10.1 Å². The summed E-state index contributed by atoms with van der Waals surface area (Å²) in [6.07, 6.45) is 0.805. The van der Waals surface area contributed by atoms with Gasteiger partial charge in [0, 0.05) is 15.8 Å². The van der Waals surface area contributed by atoms with Crippen LogP contribution in [0.3, 0.4) is 0 Å². The minimum absolute atomic E-state index is 0.192. The number of methoxy groups -OCH3 is 2. The number of anilines is 1. The Kier molecular flexibility index (Phi) is 7.47. The lowest BCUT2D eigenvalue weighted by molar-refractivity contribution is 0.102. The predicted molar refractivity (Wildman–Crippen MR) is 155 cm³/mol. The van der Waals surface area contributed by atoms with Gasteiger partial charge in [-0.25, -0.2) is 9.98 Å². The third kappa shape index (κ3) is 5.56. The van der Waals surface area contributed by atoms with Crippen LogP contribution in [0.2, 0.25) is 0 Å². The van der Waals surface area contributed by atoms with E-state index in [1.165, 1.54) is 16.9 Å². The first-order valence-corrected chi connectivity index (χ1v) is 13.4. The van der Waals surface area contributed by atoms with Crippen LogP contribution in [0.5, 0.6) is 11.5 Å². The molecule has 5 rings (SSSR count). The summed E-state index contributed by atoms with van der Waals surface area (Å²) in [5, 5.41) is 4.23. The Hall–Kier alpha value is -4.43. The number of hydrogen-bond donors (Lipinski definition) is 1. The molecule has 0 radical (unpaired) electrons. The number of thiazole rings is 1. The van der Waals surface area contributed by atoms with Crippen LogP contribution in [0.15, 0.2) is 76.1 Å². The molecule has 0 saturated heterocycles. The zero-order valence-corrected chi connectivity index (χ0v) is 23.3. The molecule has 8 heteroatoms. The molecular weight excluding hydrogens is 510 g/mol. The lowest BCUT2D eigenvalue weighted by Gasteiger charge is -2.07. The highest BCUT2D eigenvalue weighted by Crippen LogP contribution is 2.34. The van der Waals surface area contributed by atoms with Crippen molar-refractivity contribution in [3.8, 4) is 22.8 Å². The van der Waals surface area contributed by atoms with Gasteiger partial charge in [0.2, 0.25) is 5.55 Å². The molecule has 1 amide bonds. The van der Waals surface area contributed by atoms with Gasteiger partial charge in [-0.05, 0) is 74.4 Å². The Labute approximate surface area is 230 Å². The second kappa shape index (κ2) is 11.1. The number of aromatic nitrogens is 1. The second-order valence-corrected chi connectivity index (χ2v) is 10.2. The summed E-state index contributed by atoms with van der Waals surface area (Å²) in [7, 11) is 3.20. The summed E-state index contributed by atoms with van der Waals surface area (Å²) < 4.78 is 16.7. The topological polar surface area (TPSA) is 86.0 Å². The molecule has 1 N–H and O–H groups in total. The first-order valence-electron chi connectivity index (χ1n) is 12.6. The van der Waals surface area contributed by atoms with E-state index >= 15 is 0 Å². The quantitative estimate of drug-likeness (QED) is 0.236. The summed E-state index contributed by atoms with van der Waals surface area (Å²) in [5.41, 5.74) is 5.99. The molecule has 0 bridgehead atoms. The van der Waals surface area contributed by atoms with Gasteiger partial charge < -0.3 is 13.9 Å². The molecule has 7 nitrogen and oxygen atoms in total. The third-order valence-electron chi connectivity index (χ3n) is 6.38. The van der Waals surface area contributed by atoms with Crippen LogP contribution in [-0.2, 0) is 6.42 Å². The lowest BCUT2D eigenvalue weighted by atomic mass is 10.0. The van der Waals surface area contributed by atoms with E-state index in [9.17, 15) is 4.79 Å². The maximum Gasteiger partial charge on any atom is 0.262 e. The van der Waals surface area contributed by atoms with Crippen LogP contribution in [0.25, 0.3) is 22.2 Å². The van der Waals surface area contributed by atoms with Crippen molar-refractivity contribution >= 4 is 39.0 Å². The molecule has 198 valence electrons. The van der Waals surface area contributed by atoms with Crippen LogP contribution in [0.4, 0.5) is 10.8 Å². The van der Waals surface area contributed by atoms with Crippen LogP contribution in [0.1, 0.15) is 33.3 Å². The first-order chi connectivity index (χ1) is 18.9. The number of fused-ring (bicyclic) bond motifs is 1. The molecule has 0 spiro atoms. The van der Waals surface area contributed by atoms with Gasteiger partial charge in [-0.2, -0.15) is 0 Å². The summed E-state index contributed by atoms with van der Waals surface area (Å²) in [5.74, 6) is 1.01. The Morgan fingerprint density at radius 2 is 1.72 bits per heavy atom. The number of rotatable bonds is 7. The number of ether oxygens (including phenoxy) is 2. The third-order valence-corrected chi connectivity index (χ3v) is 7.49. The van der Waals surface area contributed by atoms with Gasteiger partial charge in [0.05, 0.1) is 25.6 Å². The normalized spacial score (nSPS) is 11.6. The van der Waals surface area contributed by atoms with Crippen molar-refractivity contribution in [2.75, 3.05) is 19.5 Å². The molecule has 0 atom stereocenters. The molecule has 0 aliphatic heterocycles. The highest BCUT2D eigenvalue weighted by molar-refractivity contribution is 7.16. The van der Waals surface area contributed by atoms with Crippen LogP contribution >= 0.6 is 11.3 Å². The Bertz CT molecular complexity index is 1740. The van der Waals surface area contributed by atoms with Gasteiger partial charge in [0.25, 0.3) is 5.91 Å². The highest BCUT2D eigenvalue weighted by Gasteiger charge is 2.19. The molecule has 5 aromatic rings. The lowest BCUT2D eigenvalue weighted by Crippen LogP contribution is -2.21. The number of carbonyl (C=O) groups is 1. The average molecular weight is 540 g/mol. The van der Waals surface area contributed by atoms with Crippen molar-refractivity contribution in [3.63, 3.8) is 0 Å². The molecule has 2 heterocycles. The minimum Gasteiger partial charge on any atom is -0.497 e. The van der Waals surface area contributed by atoms with Gasteiger partial charge >= 0.3 is 0 Å². The summed E-state index contributed by atoms with van der Waals surface area (Å²) in [6.45, 7) is 6.24. The van der Waals surface area contributed by atoms with Gasteiger partial charge in [0.1, 0.15) is 22.6 Å². The largest absolute Gasteiger partial charge is 0.497 e. The molecule has 0 aliphatic rings. The number of carbonyl (C=O) groups excluding carboxylic acids is 1. The fourth-order valence-electron chi connectivity index (χ4n) is 4.35. The Morgan fingerprint density at radius 1 is 0.974 bits per heavy atom. The van der Waals surface area contributed by atoms with Crippen molar-refractivity contribution in [3.05, 3.63) is 93.9 Å². The number of nitrogens with zero attached hydrogens (tertiary/aromatic N) is 2. The van der Waals surface area contributed by atoms with E-state index in [0.717, 1.165) is 33.5 Å². The zero-order chi connectivity index (χ0) is 27.5. The Balaban J connectivity index is 1.57. The first kappa shape index (κ1) is 26.2. The fourth-order valence-corrected chi connectivity index (χ4v) is 5.27. The number of aryl methyl sites for hydroxylation is 3. The molecular formula is C31H29N3O4S. The van der Waals surface area contributed by atoms with E-state index in [2.05, 4.69) is 49.3 Å². The van der Waals surface area contributed by atoms with Crippen molar-refractivity contribution < 1.29 is 18.7 Å². The maximum atomic E-state index is 13.7. The number of nitrogens with one attached hydrogen (secondary N) is 1. The van der Waals surface area contributed by atoms with Crippen molar-refractivity contribution in [2.45, 2.75) is 27.2 Å². The van der Waals surface area contributed by atoms with Gasteiger partial charge in [-0.1, -0.05) is 30.7 Å². The standard InChI is InChI=1S/C31H29N3O4S/c1-6-27-28(24-13-7-18(2)15-19(24)3)33-31(39-27)34-29(35)25-17-20-16-23(37-5)12-14-26(20)38-30(25)32-21-8-10-22(36-4)11-9-21/h7-17H,6H2,1-5H3,(H,33,34,35). The van der Waals surface area contributed by atoms with Crippen molar-refractivity contribution in [1.29, 1.82) is 0 Å². The van der Waals surface area contributed by atoms with E-state index in [0.29, 0.717) is 27.9 Å². The molecule has 0 saturated carbocycles. The number of benzene rings is 3. The highest BCUT2D eigenvalue weighted by atomic mass is 32.1. The summed E-state index contributed by atoms with van der Waals surface area (Å²) >= 11 is 1.48. The number of hydrogen-bond acceptors (Lipinski definition) is 7. The summed E-state index contributed by atoms with van der Waals surface area (Å²) in [6, 6.07) is 20.7. The predicted octanol–water partition coefficient (Wildman–Crippen LogP) is 7.24. The van der Waals surface area contributed by atoms with E-state index < -0.39 is 0 Å². The average Bonchev–Trinajstić information content (AvgIpc) is 3.35. The van der Waals surface area contributed by atoms with E-state index in [4.69, 9.17) is 18.9 Å². The SMILES string of the molecule is CCc1sc(NC(=O)c2cc3cc(OC)ccc3oc2=Nc2ccc(OC)cc2)nc1-c1ccc(C)cc1C. The molecule has 3 aromatic carbocycles. The van der Waals surface area contributed by atoms with Crippen LogP contribution < -0.4 is 20.3 Å². The minimum atomic E-state index is -0.362. The van der Waals surface area contributed by atoms with Gasteiger partial charge in [-0.15, -0.1) is 11.3 Å². The van der Waals surface area contributed by atoms with Crippen LogP contribution in [0, 0.1) is 13.8 Å². The monoisotopic (exact) mass is 539 g/mol. The second-order valence-electron chi connectivity index (χ2n) is 9.10. The van der Waals surface area contributed by atoms with E-state index in [1.54, 1.807) is 56.7 Å². The summed E-state index contributed by atoms with van der Waals surface area (Å²) in [4.78, 5) is 24.2. The van der Waals surface area contributed by atoms with Gasteiger partial charge in [0.15, 0.2) is 5.13 Å². The van der Waals surface area contributed by atoms with Crippen molar-refractivity contribution in [2.24, 2.45) is 4.99 Å². The molecule has 39 heavy (non-hydrogen) atoms. The van der Waals surface area contributed by atoms with Crippen molar-refractivity contribution in [1.82, 2.24) is 4.98 Å². The molecule has 0 aliphatic carbocycles. The Morgan fingerprint density at radius 3 is 2.41 bits per heavy atom. The van der Waals surface area contributed by atoms with E-state index in [1.807, 2.05) is 6.07 Å². The van der Waals surface area contributed by atoms with Crippen LogP contribution in [-0.4, -0.2) is 25.1 Å². The smallest absolute Gasteiger partial charge is 0.262 e. The molecule has 0 fully saturated rings. The number of amides is 1. The zero-order valence-electron chi connectivity index (χ0n) is 22.5.